The fourth-order valence-electron chi connectivity index (χ4n) is 2.77. The quantitative estimate of drug-likeness (QED) is 0.316. The number of nitrogen functional groups attached to an aromatic ring is 1. The van der Waals surface area contributed by atoms with Crippen LogP contribution in [0.3, 0.4) is 0 Å². The van der Waals surface area contributed by atoms with Gasteiger partial charge < -0.3 is 15.5 Å². The number of nitrogens with one attached hydrogen (secondary N) is 1. The third kappa shape index (κ3) is 2.79. The van der Waals surface area contributed by atoms with Gasteiger partial charge in [0.2, 0.25) is 0 Å². The van der Waals surface area contributed by atoms with E-state index in [0.29, 0.717) is 17.0 Å². The van der Waals surface area contributed by atoms with E-state index in [2.05, 4.69) is 5.32 Å². The summed E-state index contributed by atoms with van der Waals surface area (Å²) in [6, 6.07) is 20.7. The summed E-state index contributed by atoms with van der Waals surface area (Å²) in [5.74, 6) is 0. The second kappa shape index (κ2) is 6.26. The number of hydrogen-bond donors (Lipinski definition) is 2. The van der Waals surface area contributed by atoms with Crippen LogP contribution in [0.25, 0.3) is 21.7 Å². The van der Waals surface area contributed by atoms with Gasteiger partial charge in [0.25, 0.3) is 0 Å². The van der Waals surface area contributed by atoms with Gasteiger partial charge in [0.05, 0.1) is 5.69 Å². The maximum absolute atomic E-state index is 12.0. The SMILES string of the molecule is Cl.Nc1cccc(Nc2cc(=O)oc3c2ccc2ccccc23)c1. The third-order valence-corrected chi connectivity index (χ3v) is 3.80. The molecule has 0 saturated carbocycles. The number of halogens is 1. The van der Waals surface area contributed by atoms with Crippen molar-refractivity contribution >= 4 is 51.2 Å². The standard InChI is InChI=1S/C19H14N2O2.ClH/c20-13-5-3-6-14(10-13)21-17-11-18(22)23-19-15-7-2-1-4-12(15)8-9-16(17)19;/h1-11,21H,20H2;1H. The summed E-state index contributed by atoms with van der Waals surface area (Å²) >= 11 is 0. The summed E-state index contributed by atoms with van der Waals surface area (Å²) in [5, 5.41) is 6.05. The molecular weight excluding hydrogens is 324 g/mol. The molecule has 4 aromatic rings. The van der Waals surface area contributed by atoms with Crippen molar-refractivity contribution in [1.29, 1.82) is 0 Å². The van der Waals surface area contributed by atoms with Gasteiger partial charge in [-0.25, -0.2) is 4.79 Å². The van der Waals surface area contributed by atoms with Crippen molar-refractivity contribution in [2.75, 3.05) is 11.1 Å². The summed E-state index contributed by atoms with van der Waals surface area (Å²) in [5.41, 5.74) is 8.19. The molecule has 0 radical (unpaired) electrons. The van der Waals surface area contributed by atoms with Gasteiger partial charge >= 0.3 is 5.63 Å². The van der Waals surface area contributed by atoms with Crippen LogP contribution in [0.5, 0.6) is 0 Å². The summed E-state index contributed by atoms with van der Waals surface area (Å²) in [6.07, 6.45) is 0. The van der Waals surface area contributed by atoms with Gasteiger partial charge in [0.15, 0.2) is 0 Å². The Hall–Kier alpha value is -2.98. The molecule has 3 N–H and O–H groups in total. The molecule has 4 rings (SSSR count). The molecule has 0 amide bonds. The fraction of sp³-hybridized carbons (Fsp3) is 0. The van der Waals surface area contributed by atoms with E-state index in [0.717, 1.165) is 21.8 Å². The average Bonchev–Trinajstić information content (AvgIpc) is 2.54. The first-order chi connectivity index (χ1) is 11.2. The largest absolute Gasteiger partial charge is 0.422 e. The lowest BCUT2D eigenvalue weighted by Crippen LogP contribution is -2.01. The molecule has 0 saturated heterocycles. The number of benzene rings is 3. The Morgan fingerprint density at radius 3 is 2.54 bits per heavy atom. The molecular formula is C19H15ClN2O2. The predicted octanol–water partition coefficient (Wildman–Crippen LogP) is 4.69. The van der Waals surface area contributed by atoms with Crippen LogP contribution >= 0.6 is 12.4 Å². The van der Waals surface area contributed by atoms with Crippen molar-refractivity contribution in [1.82, 2.24) is 0 Å². The molecule has 0 aliphatic heterocycles. The number of fused-ring (bicyclic) bond motifs is 3. The molecule has 1 aromatic heterocycles. The lowest BCUT2D eigenvalue weighted by Gasteiger charge is -2.10. The average molecular weight is 339 g/mol. The second-order valence-electron chi connectivity index (χ2n) is 5.39. The first-order valence-electron chi connectivity index (χ1n) is 7.29. The number of nitrogens with two attached hydrogens (primary N) is 1. The van der Waals surface area contributed by atoms with Crippen molar-refractivity contribution in [2.24, 2.45) is 0 Å². The van der Waals surface area contributed by atoms with Gasteiger partial charge in [-0.3, -0.25) is 0 Å². The Labute approximate surface area is 144 Å². The number of hydrogen-bond acceptors (Lipinski definition) is 4. The highest BCUT2D eigenvalue weighted by Crippen LogP contribution is 2.30. The van der Waals surface area contributed by atoms with Gasteiger partial charge in [0.1, 0.15) is 5.58 Å². The molecule has 0 spiro atoms. The van der Waals surface area contributed by atoms with E-state index in [4.69, 9.17) is 10.2 Å². The fourth-order valence-corrected chi connectivity index (χ4v) is 2.77. The van der Waals surface area contributed by atoms with Crippen molar-refractivity contribution in [3.63, 3.8) is 0 Å². The van der Waals surface area contributed by atoms with Crippen LogP contribution in [0, 0.1) is 0 Å². The highest BCUT2D eigenvalue weighted by Gasteiger charge is 2.09. The van der Waals surface area contributed by atoms with Crippen LogP contribution in [0.15, 0.2) is 75.9 Å². The molecule has 0 unspecified atom stereocenters. The van der Waals surface area contributed by atoms with Crippen LogP contribution in [0.2, 0.25) is 0 Å². The van der Waals surface area contributed by atoms with Crippen LogP contribution in [-0.2, 0) is 0 Å². The monoisotopic (exact) mass is 338 g/mol. The van der Waals surface area contributed by atoms with Crippen molar-refractivity contribution in [3.8, 4) is 0 Å². The van der Waals surface area contributed by atoms with E-state index in [1.807, 2.05) is 60.7 Å². The van der Waals surface area contributed by atoms with E-state index in [1.54, 1.807) is 0 Å². The van der Waals surface area contributed by atoms with Gasteiger partial charge in [-0.05, 0) is 29.7 Å². The van der Waals surface area contributed by atoms with E-state index < -0.39 is 0 Å². The summed E-state index contributed by atoms with van der Waals surface area (Å²) in [4.78, 5) is 12.0. The zero-order valence-electron chi connectivity index (χ0n) is 12.7. The zero-order valence-corrected chi connectivity index (χ0v) is 13.5. The van der Waals surface area contributed by atoms with Gasteiger partial charge in [-0.15, -0.1) is 12.4 Å². The van der Waals surface area contributed by atoms with E-state index >= 15 is 0 Å². The molecule has 0 aliphatic rings. The Kier molecular flexibility index (Phi) is 4.15. The molecule has 0 atom stereocenters. The highest BCUT2D eigenvalue weighted by atomic mass is 35.5. The van der Waals surface area contributed by atoms with Crippen molar-refractivity contribution in [3.05, 3.63) is 77.2 Å². The Morgan fingerprint density at radius 2 is 1.71 bits per heavy atom. The zero-order chi connectivity index (χ0) is 15.8. The molecule has 1 heterocycles. The van der Waals surface area contributed by atoms with Crippen LogP contribution in [0.1, 0.15) is 0 Å². The molecule has 0 aliphatic carbocycles. The van der Waals surface area contributed by atoms with E-state index in [9.17, 15) is 4.79 Å². The first kappa shape index (κ1) is 15.9. The Bertz CT molecular complexity index is 1090. The van der Waals surface area contributed by atoms with Crippen LogP contribution < -0.4 is 16.7 Å². The molecule has 120 valence electrons. The predicted molar refractivity (Wildman–Crippen MR) is 101 cm³/mol. The first-order valence-corrected chi connectivity index (χ1v) is 7.29. The van der Waals surface area contributed by atoms with E-state index in [-0.39, 0.29) is 18.0 Å². The number of anilines is 3. The maximum atomic E-state index is 12.0. The Morgan fingerprint density at radius 1 is 0.875 bits per heavy atom. The van der Waals surface area contributed by atoms with Crippen molar-refractivity contribution < 1.29 is 4.42 Å². The Balaban J connectivity index is 0.00000169. The molecule has 3 aromatic carbocycles. The molecule has 5 heteroatoms. The van der Waals surface area contributed by atoms with Crippen molar-refractivity contribution in [2.45, 2.75) is 0 Å². The number of rotatable bonds is 2. The van der Waals surface area contributed by atoms with Gasteiger partial charge in [-0.1, -0.05) is 36.4 Å². The smallest absolute Gasteiger partial charge is 0.338 e. The molecule has 24 heavy (non-hydrogen) atoms. The minimum absolute atomic E-state index is 0. The lowest BCUT2D eigenvalue weighted by atomic mass is 10.1. The molecule has 0 bridgehead atoms. The molecule has 0 fully saturated rings. The summed E-state index contributed by atoms with van der Waals surface area (Å²) in [7, 11) is 0. The van der Waals surface area contributed by atoms with Crippen LogP contribution in [0.4, 0.5) is 17.1 Å². The topological polar surface area (TPSA) is 68.3 Å². The molecule has 4 nitrogen and oxygen atoms in total. The normalized spacial score (nSPS) is 10.5. The van der Waals surface area contributed by atoms with Gasteiger partial charge in [0, 0.05) is 28.2 Å². The summed E-state index contributed by atoms with van der Waals surface area (Å²) < 4.78 is 5.46. The van der Waals surface area contributed by atoms with E-state index in [1.165, 1.54) is 6.07 Å². The third-order valence-electron chi connectivity index (χ3n) is 3.80. The lowest BCUT2D eigenvalue weighted by molar-refractivity contribution is 0.565. The summed E-state index contributed by atoms with van der Waals surface area (Å²) in [6.45, 7) is 0. The van der Waals surface area contributed by atoms with Crippen LogP contribution in [-0.4, -0.2) is 0 Å². The second-order valence-corrected chi connectivity index (χ2v) is 5.39. The maximum Gasteiger partial charge on any atom is 0.338 e. The highest BCUT2D eigenvalue weighted by molar-refractivity contribution is 6.08. The van der Waals surface area contributed by atoms with Gasteiger partial charge in [-0.2, -0.15) is 0 Å². The minimum atomic E-state index is -0.389. The minimum Gasteiger partial charge on any atom is -0.422 e.